The number of anilines is 8. The molecule has 0 N–H and O–H groups in total. The Morgan fingerprint density at radius 3 is 0.579 bits per heavy atom. The molecule has 0 fully saturated rings. The molecule has 0 spiro atoms. The van der Waals surface area contributed by atoms with Crippen molar-refractivity contribution in [3.05, 3.63) is 153 Å². The van der Waals surface area contributed by atoms with E-state index in [0.717, 1.165) is 103 Å². The van der Waals surface area contributed by atoms with E-state index >= 15 is 0 Å². The number of nitrogens with zero attached hydrogens (tertiary/aromatic N) is 8. The predicted octanol–water partition coefficient (Wildman–Crippen LogP) is 18.7. The maximum atomic E-state index is 5.50. The molecule has 404 valence electrons. The van der Waals surface area contributed by atoms with Crippen molar-refractivity contribution in [2.75, 3.05) is 19.6 Å². The van der Waals surface area contributed by atoms with Crippen molar-refractivity contribution in [3.8, 4) is 0 Å². The van der Waals surface area contributed by atoms with Crippen molar-refractivity contribution in [1.82, 2.24) is 19.9 Å². The highest BCUT2D eigenvalue weighted by Gasteiger charge is 2.47. The largest absolute Gasteiger partial charge is 0.291 e. The lowest BCUT2D eigenvalue weighted by atomic mass is 9.87. The molecule has 8 nitrogen and oxygen atoms in total. The summed E-state index contributed by atoms with van der Waals surface area (Å²) in [5.41, 5.74) is 17.2. The minimum Gasteiger partial charge on any atom is -0.291 e. The summed E-state index contributed by atoms with van der Waals surface area (Å²) >= 11 is 0. The van der Waals surface area contributed by atoms with Crippen LogP contribution >= 0.6 is 0 Å². The lowest BCUT2D eigenvalue weighted by Gasteiger charge is -2.36. The zero-order valence-corrected chi connectivity index (χ0v) is 51.7. The monoisotopic (exact) mass is 1020 g/mol. The van der Waals surface area contributed by atoms with Crippen LogP contribution in [0.25, 0.3) is 0 Å². The number of aromatic nitrogens is 4. The number of rotatable bonds is 4. The van der Waals surface area contributed by atoms with Crippen LogP contribution in [-0.4, -0.2) is 19.9 Å². The molecule has 0 saturated carbocycles. The van der Waals surface area contributed by atoms with Gasteiger partial charge in [0.05, 0.1) is 45.5 Å². The fourth-order valence-corrected chi connectivity index (χ4v) is 9.76. The molecule has 0 radical (unpaired) electrons. The highest BCUT2D eigenvalue weighted by atomic mass is 15.5. The number of hydrogen-bond acceptors (Lipinski definition) is 8. The third kappa shape index (κ3) is 10.8. The Kier molecular flexibility index (Phi) is 13.5. The molecule has 8 rings (SSSR count). The summed E-state index contributed by atoms with van der Waals surface area (Å²) in [6, 6.07) is 32.8. The lowest BCUT2D eigenvalue weighted by molar-refractivity contribution is 0.530. The van der Waals surface area contributed by atoms with E-state index in [1.165, 1.54) is 11.1 Å². The van der Waals surface area contributed by atoms with E-state index in [1.54, 1.807) is 0 Å². The standard InChI is InChI=1S/C68H92N8/c1-41-27-29-47-49(31-41)75(45-37-55(65(15,16)17)71-56(38-45)66(18,19)20)59(73(47)43-33-51(61(3,4)5)69-52(34-43)62(6,7)8)60-74(44-35-53(63(9,10)11)70-54(36-44)64(12,13)14)48-30-28-42(2)32-50(48)76(60)46-39-57(67(21,22)23)72-58(40-46)68(24,25)26/h27-40H,1-26H3/b60-59+. The average molecular weight is 1020 g/mol. The van der Waals surface area contributed by atoms with Gasteiger partial charge in [0.1, 0.15) is 0 Å². The minimum atomic E-state index is -0.251. The van der Waals surface area contributed by atoms with E-state index in [4.69, 9.17) is 19.9 Å². The van der Waals surface area contributed by atoms with E-state index in [1.807, 2.05) is 0 Å². The average Bonchev–Trinajstić information content (AvgIpc) is 3.78. The van der Waals surface area contributed by atoms with Gasteiger partial charge in [0.25, 0.3) is 0 Å². The summed E-state index contributed by atoms with van der Waals surface area (Å²) in [6.45, 7) is 59.2. The molecule has 6 heterocycles. The SMILES string of the molecule is Cc1ccc2c(c1)N(c1cc(C(C)(C)C)nc(C(C)(C)C)c1)/C(=C1\N(c3cc(C(C)(C)C)nc(C(C)(C)C)c3)c3ccc(C)cc3N1c1cc(C(C)(C)C)nc(C(C)(C)C)c1)N2c1cc(C(C)(C)C)nc(C(C)(C)C)c1. The van der Waals surface area contributed by atoms with Gasteiger partial charge in [0, 0.05) is 88.9 Å². The molecule has 0 bridgehead atoms. The van der Waals surface area contributed by atoms with E-state index in [9.17, 15) is 0 Å². The normalized spacial score (nSPS) is 16.0. The van der Waals surface area contributed by atoms with Gasteiger partial charge in [0.15, 0.2) is 11.6 Å². The van der Waals surface area contributed by atoms with Crippen LogP contribution < -0.4 is 19.6 Å². The first kappa shape index (κ1) is 56.2. The molecule has 2 aliphatic heterocycles. The maximum absolute atomic E-state index is 5.50. The molecule has 4 aromatic heterocycles. The van der Waals surface area contributed by atoms with Crippen molar-refractivity contribution in [1.29, 1.82) is 0 Å². The molecule has 0 atom stereocenters. The molecule has 0 saturated heterocycles. The van der Waals surface area contributed by atoms with Gasteiger partial charge >= 0.3 is 0 Å². The molecular weight excluding hydrogens is 929 g/mol. The molecule has 8 heteroatoms. The Balaban J connectivity index is 1.71. The molecule has 0 amide bonds. The van der Waals surface area contributed by atoms with Gasteiger partial charge in [-0.05, 0) is 97.8 Å². The second-order valence-electron chi connectivity index (χ2n) is 30.4. The number of pyridine rings is 4. The summed E-state index contributed by atoms with van der Waals surface area (Å²) in [4.78, 5) is 32.2. The van der Waals surface area contributed by atoms with Gasteiger partial charge in [-0.15, -0.1) is 0 Å². The van der Waals surface area contributed by atoms with E-state index < -0.39 is 0 Å². The zero-order valence-electron chi connectivity index (χ0n) is 51.7. The molecule has 0 unspecified atom stereocenters. The van der Waals surface area contributed by atoms with Crippen molar-refractivity contribution >= 4 is 45.5 Å². The number of fused-ring (bicyclic) bond motifs is 2. The van der Waals surface area contributed by atoms with Gasteiger partial charge < -0.3 is 0 Å². The number of hydrogen-bond donors (Lipinski definition) is 0. The van der Waals surface area contributed by atoms with E-state index in [-0.39, 0.29) is 43.3 Å². The molecular formula is C68H92N8. The Bertz CT molecular complexity index is 2910. The lowest BCUT2D eigenvalue weighted by Crippen LogP contribution is -2.35. The second-order valence-corrected chi connectivity index (χ2v) is 30.4. The van der Waals surface area contributed by atoms with Crippen LogP contribution in [0.4, 0.5) is 45.5 Å². The second kappa shape index (κ2) is 18.3. The van der Waals surface area contributed by atoms with Gasteiger partial charge in [-0.1, -0.05) is 178 Å². The highest BCUT2D eigenvalue weighted by Crippen LogP contribution is 2.59. The Hall–Kier alpha value is -6.02. The van der Waals surface area contributed by atoms with Crippen LogP contribution in [0, 0.1) is 13.8 Å². The molecule has 2 aliphatic rings. The van der Waals surface area contributed by atoms with Crippen molar-refractivity contribution in [3.63, 3.8) is 0 Å². The van der Waals surface area contributed by atoms with E-state index in [2.05, 4.69) is 285 Å². The van der Waals surface area contributed by atoms with Crippen LogP contribution in [0.1, 0.15) is 223 Å². The zero-order chi connectivity index (χ0) is 56.6. The Labute approximate surface area is 459 Å². The van der Waals surface area contributed by atoms with Crippen LogP contribution in [-0.2, 0) is 43.3 Å². The fourth-order valence-electron chi connectivity index (χ4n) is 9.76. The van der Waals surface area contributed by atoms with Gasteiger partial charge in [-0.25, -0.2) is 0 Å². The van der Waals surface area contributed by atoms with Crippen LogP contribution in [0.15, 0.2) is 96.6 Å². The third-order valence-electron chi connectivity index (χ3n) is 14.7. The smallest absolute Gasteiger partial charge is 0.166 e. The predicted molar refractivity (Wildman–Crippen MR) is 324 cm³/mol. The molecule has 0 aliphatic carbocycles. The van der Waals surface area contributed by atoms with Crippen LogP contribution in [0.2, 0.25) is 0 Å². The Morgan fingerprint density at radius 2 is 0.408 bits per heavy atom. The molecule has 76 heavy (non-hydrogen) atoms. The van der Waals surface area contributed by atoms with Gasteiger partial charge in [-0.3, -0.25) is 39.5 Å². The summed E-state index contributed by atoms with van der Waals surface area (Å²) in [6.07, 6.45) is 0. The number of benzene rings is 2. The first-order valence-corrected chi connectivity index (χ1v) is 27.8. The third-order valence-corrected chi connectivity index (χ3v) is 14.7. The quantitative estimate of drug-likeness (QED) is 0.173. The van der Waals surface area contributed by atoms with Crippen molar-refractivity contribution in [2.45, 2.75) is 223 Å². The summed E-state index contributed by atoms with van der Waals surface area (Å²) < 4.78 is 0. The summed E-state index contributed by atoms with van der Waals surface area (Å²) in [7, 11) is 0. The Morgan fingerprint density at radius 1 is 0.237 bits per heavy atom. The number of aryl methyl sites for hydroxylation is 2. The van der Waals surface area contributed by atoms with Gasteiger partial charge in [0.2, 0.25) is 0 Å². The molecule has 6 aromatic rings. The maximum Gasteiger partial charge on any atom is 0.166 e. The highest BCUT2D eigenvalue weighted by molar-refractivity contribution is 6.00. The minimum absolute atomic E-state index is 0.250. The fraction of sp³-hybridized carbons (Fsp3) is 0.500. The van der Waals surface area contributed by atoms with Crippen molar-refractivity contribution in [2.24, 2.45) is 0 Å². The first-order chi connectivity index (χ1) is 34.5. The molecule has 2 aromatic carbocycles. The summed E-state index contributed by atoms with van der Waals surface area (Å²) in [5, 5.41) is 0. The summed E-state index contributed by atoms with van der Waals surface area (Å²) in [5.74, 6) is 1.98. The van der Waals surface area contributed by atoms with Crippen LogP contribution in [0.5, 0.6) is 0 Å². The van der Waals surface area contributed by atoms with Crippen LogP contribution in [0.3, 0.4) is 0 Å². The van der Waals surface area contributed by atoms with Crippen molar-refractivity contribution < 1.29 is 0 Å². The van der Waals surface area contributed by atoms with E-state index in [0.29, 0.717) is 0 Å². The topological polar surface area (TPSA) is 64.5 Å². The first-order valence-electron chi connectivity index (χ1n) is 27.8. The van der Waals surface area contributed by atoms with Gasteiger partial charge in [-0.2, -0.15) is 0 Å².